The number of aromatic carboxylic acids is 1. The number of amides is 1. The van der Waals surface area contributed by atoms with Crippen molar-refractivity contribution in [3.05, 3.63) is 65.7 Å². The van der Waals surface area contributed by atoms with E-state index < -0.39 is 11.9 Å². The van der Waals surface area contributed by atoms with E-state index in [0.717, 1.165) is 11.8 Å². The van der Waals surface area contributed by atoms with Crippen LogP contribution in [0.4, 0.5) is 5.69 Å². The maximum absolute atomic E-state index is 12.4. The van der Waals surface area contributed by atoms with E-state index >= 15 is 0 Å². The van der Waals surface area contributed by atoms with Crippen molar-refractivity contribution in [3.63, 3.8) is 0 Å². The lowest BCUT2D eigenvalue weighted by Gasteiger charge is -2.09. The standard InChI is InChI=1S/C16H15N5O3/c1-20-14(13(9-18-20)16(23)24)15(22)19-12-5-2-4-11(8-12)10-21-7-3-6-17-21/h2-9H,10H2,1H3,(H,19,22)(H,23,24). The topological polar surface area (TPSA) is 102 Å². The lowest BCUT2D eigenvalue weighted by Crippen LogP contribution is -2.19. The molecule has 1 aromatic carbocycles. The average Bonchev–Trinajstić information content (AvgIpc) is 3.17. The summed E-state index contributed by atoms with van der Waals surface area (Å²) in [5, 5.41) is 19.8. The number of anilines is 1. The summed E-state index contributed by atoms with van der Waals surface area (Å²) in [5.74, 6) is -1.72. The second-order valence-electron chi connectivity index (χ2n) is 5.19. The molecule has 0 saturated heterocycles. The predicted molar refractivity (Wildman–Crippen MR) is 85.9 cm³/mol. The number of carboxylic acids is 1. The monoisotopic (exact) mass is 325 g/mol. The van der Waals surface area contributed by atoms with E-state index in [1.54, 1.807) is 16.9 Å². The first-order valence-electron chi connectivity index (χ1n) is 7.17. The Morgan fingerprint density at radius 1 is 1.25 bits per heavy atom. The molecular weight excluding hydrogens is 310 g/mol. The fraction of sp³-hybridized carbons (Fsp3) is 0.125. The summed E-state index contributed by atoms with van der Waals surface area (Å²) < 4.78 is 3.01. The van der Waals surface area contributed by atoms with Gasteiger partial charge in [-0.3, -0.25) is 14.2 Å². The average molecular weight is 325 g/mol. The SMILES string of the molecule is Cn1ncc(C(=O)O)c1C(=O)Nc1cccc(Cn2cccn2)c1. The van der Waals surface area contributed by atoms with Gasteiger partial charge >= 0.3 is 5.97 Å². The summed E-state index contributed by atoms with van der Waals surface area (Å²) in [6, 6.07) is 9.12. The molecule has 0 fully saturated rings. The summed E-state index contributed by atoms with van der Waals surface area (Å²) in [6.45, 7) is 0.572. The van der Waals surface area contributed by atoms with E-state index in [4.69, 9.17) is 5.11 Å². The molecule has 2 N–H and O–H groups in total. The van der Waals surface area contributed by atoms with Gasteiger partial charge in [0.05, 0.1) is 12.7 Å². The molecule has 0 radical (unpaired) electrons. The molecule has 0 spiro atoms. The van der Waals surface area contributed by atoms with Gasteiger partial charge < -0.3 is 10.4 Å². The Kier molecular flexibility index (Phi) is 4.11. The van der Waals surface area contributed by atoms with Crippen molar-refractivity contribution in [1.29, 1.82) is 0 Å². The van der Waals surface area contributed by atoms with Crippen molar-refractivity contribution in [2.45, 2.75) is 6.54 Å². The normalized spacial score (nSPS) is 10.5. The van der Waals surface area contributed by atoms with Gasteiger partial charge in [-0.25, -0.2) is 4.79 Å². The van der Waals surface area contributed by atoms with Crippen LogP contribution in [-0.2, 0) is 13.6 Å². The first-order valence-corrected chi connectivity index (χ1v) is 7.17. The van der Waals surface area contributed by atoms with Gasteiger partial charge in [-0.15, -0.1) is 0 Å². The van der Waals surface area contributed by atoms with Gasteiger partial charge in [-0.05, 0) is 23.8 Å². The maximum atomic E-state index is 12.4. The molecule has 3 aromatic rings. The minimum Gasteiger partial charge on any atom is -0.478 e. The third-order valence-corrected chi connectivity index (χ3v) is 3.47. The third-order valence-electron chi connectivity index (χ3n) is 3.47. The molecule has 3 rings (SSSR count). The number of aryl methyl sites for hydroxylation is 1. The summed E-state index contributed by atoms with van der Waals surface area (Å²) in [7, 11) is 1.52. The van der Waals surface area contributed by atoms with E-state index in [0.29, 0.717) is 12.2 Å². The lowest BCUT2D eigenvalue weighted by atomic mass is 10.2. The van der Waals surface area contributed by atoms with Gasteiger partial charge in [0.15, 0.2) is 0 Å². The molecule has 0 aliphatic heterocycles. The molecule has 0 atom stereocenters. The van der Waals surface area contributed by atoms with Crippen LogP contribution in [0.2, 0.25) is 0 Å². The zero-order valence-electron chi connectivity index (χ0n) is 12.9. The highest BCUT2D eigenvalue weighted by atomic mass is 16.4. The molecular formula is C16H15N5O3. The number of nitrogens with zero attached hydrogens (tertiary/aromatic N) is 4. The van der Waals surface area contributed by atoms with Crippen molar-refractivity contribution >= 4 is 17.6 Å². The van der Waals surface area contributed by atoms with Crippen LogP contribution in [0.5, 0.6) is 0 Å². The predicted octanol–water partition coefficient (Wildman–Crippen LogP) is 1.62. The quantitative estimate of drug-likeness (QED) is 0.742. The third kappa shape index (κ3) is 3.17. The van der Waals surface area contributed by atoms with Crippen LogP contribution in [0.25, 0.3) is 0 Å². The molecule has 2 heterocycles. The van der Waals surface area contributed by atoms with Crippen LogP contribution in [0.1, 0.15) is 26.4 Å². The minimum absolute atomic E-state index is 0.0000192. The van der Waals surface area contributed by atoms with Crippen LogP contribution in [-0.4, -0.2) is 36.5 Å². The van der Waals surface area contributed by atoms with Crippen LogP contribution in [0.3, 0.4) is 0 Å². The number of carbonyl (C=O) groups is 2. The van der Waals surface area contributed by atoms with E-state index in [2.05, 4.69) is 15.5 Å². The van der Waals surface area contributed by atoms with Gasteiger partial charge in [0.2, 0.25) is 0 Å². The molecule has 8 heteroatoms. The Bertz CT molecular complexity index is 883. The second-order valence-corrected chi connectivity index (χ2v) is 5.19. The highest BCUT2D eigenvalue weighted by Gasteiger charge is 2.21. The first-order chi connectivity index (χ1) is 11.5. The molecule has 0 aliphatic carbocycles. The largest absolute Gasteiger partial charge is 0.478 e. The molecule has 0 aliphatic rings. The van der Waals surface area contributed by atoms with Crippen LogP contribution >= 0.6 is 0 Å². The van der Waals surface area contributed by atoms with Crippen molar-refractivity contribution < 1.29 is 14.7 Å². The van der Waals surface area contributed by atoms with E-state index in [-0.39, 0.29) is 11.3 Å². The molecule has 0 bridgehead atoms. The van der Waals surface area contributed by atoms with E-state index in [1.165, 1.54) is 11.7 Å². The molecule has 24 heavy (non-hydrogen) atoms. The smallest absolute Gasteiger partial charge is 0.339 e. The summed E-state index contributed by atoms with van der Waals surface area (Å²) in [5.41, 5.74) is 1.39. The van der Waals surface area contributed by atoms with Crippen molar-refractivity contribution in [3.8, 4) is 0 Å². The number of hydrogen-bond acceptors (Lipinski definition) is 4. The van der Waals surface area contributed by atoms with Gasteiger partial charge in [0, 0.05) is 25.1 Å². The number of carboxylic acid groups (broad SMARTS) is 1. The van der Waals surface area contributed by atoms with Gasteiger partial charge in [-0.1, -0.05) is 12.1 Å². The number of nitrogens with one attached hydrogen (secondary N) is 1. The van der Waals surface area contributed by atoms with Gasteiger partial charge in [-0.2, -0.15) is 10.2 Å². The van der Waals surface area contributed by atoms with Crippen molar-refractivity contribution in [2.75, 3.05) is 5.32 Å². The molecule has 122 valence electrons. The Labute approximate surface area is 137 Å². The summed E-state index contributed by atoms with van der Waals surface area (Å²) in [4.78, 5) is 23.6. The Morgan fingerprint density at radius 3 is 2.79 bits per heavy atom. The Balaban J connectivity index is 1.80. The maximum Gasteiger partial charge on any atom is 0.339 e. The molecule has 0 unspecified atom stereocenters. The number of rotatable bonds is 5. The van der Waals surface area contributed by atoms with E-state index in [1.807, 2.05) is 30.5 Å². The second kappa shape index (κ2) is 6.37. The molecule has 1 amide bonds. The molecule has 0 saturated carbocycles. The van der Waals surface area contributed by atoms with Crippen LogP contribution < -0.4 is 5.32 Å². The zero-order valence-corrected chi connectivity index (χ0v) is 12.9. The minimum atomic E-state index is -1.19. The molecule has 8 nitrogen and oxygen atoms in total. The number of hydrogen-bond donors (Lipinski definition) is 2. The summed E-state index contributed by atoms with van der Waals surface area (Å²) >= 11 is 0. The van der Waals surface area contributed by atoms with Crippen LogP contribution in [0.15, 0.2) is 48.9 Å². The van der Waals surface area contributed by atoms with Crippen molar-refractivity contribution in [2.24, 2.45) is 7.05 Å². The van der Waals surface area contributed by atoms with Crippen LogP contribution in [0, 0.1) is 0 Å². The fourth-order valence-electron chi connectivity index (χ4n) is 2.38. The Hall–Kier alpha value is -3.42. The number of carbonyl (C=O) groups excluding carboxylic acids is 1. The highest BCUT2D eigenvalue weighted by molar-refractivity contribution is 6.09. The molecule has 2 aromatic heterocycles. The number of benzene rings is 1. The number of aromatic nitrogens is 4. The van der Waals surface area contributed by atoms with E-state index in [9.17, 15) is 9.59 Å². The zero-order chi connectivity index (χ0) is 17.1. The fourth-order valence-corrected chi connectivity index (χ4v) is 2.38. The van der Waals surface area contributed by atoms with Crippen molar-refractivity contribution in [1.82, 2.24) is 19.6 Å². The lowest BCUT2D eigenvalue weighted by molar-refractivity contribution is 0.0692. The first kappa shape index (κ1) is 15.5. The Morgan fingerprint density at radius 2 is 2.08 bits per heavy atom. The van der Waals surface area contributed by atoms with Gasteiger partial charge in [0.25, 0.3) is 5.91 Å². The highest BCUT2D eigenvalue weighted by Crippen LogP contribution is 2.15. The van der Waals surface area contributed by atoms with Gasteiger partial charge in [0.1, 0.15) is 11.3 Å². The summed E-state index contributed by atoms with van der Waals surface area (Å²) in [6.07, 6.45) is 4.70.